The smallest absolute Gasteiger partial charge is 0.144 e. The Labute approximate surface area is 193 Å². The molecule has 4 nitrogen and oxygen atoms in total. The lowest BCUT2D eigenvalue weighted by atomic mass is 9.95. The highest BCUT2D eigenvalue weighted by Crippen LogP contribution is 2.45. The van der Waals surface area contributed by atoms with E-state index in [1.165, 1.54) is 5.56 Å². The van der Waals surface area contributed by atoms with Crippen LogP contribution in [0.2, 0.25) is 0 Å². The molecule has 0 saturated heterocycles. The molecular formula is C29H27NO3. The predicted octanol–water partition coefficient (Wildman–Crippen LogP) is 7.34. The predicted molar refractivity (Wildman–Crippen MR) is 132 cm³/mol. The highest BCUT2D eigenvalue weighted by molar-refractivity contribution is 6.07. The van der Waals surface area contributed by atoms with Crippen LogP contribution in [0.4, 0.5) is 0 Å². The van der Waals surface area contributed by atoms with E-state index in [1.54, 1.807) is 0 Å². The van der Waals surface area contributed by atoms with Crippen LogP contribution in [-0.4, -0.2) is 17.3 Å². The topological polar surface area (TPSA) is 34.8 Å². The fourth-order valence-corrected chi connectivity index (χ4v) is 5.05. The number of furan rings is 1. The van der Waals surface area contributed by atoms with Crippen LogP contribution in [0.25, 0.3) is 27.5 Å². The van der Waals surface area contributed by atoms with Gasteiger partial charge in [-0.05, 0) is 61.8 Å². The van der Waals surface area contributed by atoms with Crippen molar-refractivity contribution in [2.75, 3.05) is 0 Å². The minimum atomic E-state index is -0.183. The lowest BCUT2D eigenvalue weighted by Crippen LogP contribution is -2.29. The van der Waals surface area contributed by atoms with Gasteiger partial charge in [-0.3, -0.25) is 4.84 Å². The first-order valence-electron chi connectivity index (χ1n) is 11.6. The largest absolute Gasteiger partial charge is 0.490 e. The number of hydrogen-bond acceptors (Lipinski definition) is 4. The third-order valence-corrected chi connectivity index (χ3v) is 6.57. The Kier molecular flexibility index (Phi) is 4.77. The molecule has 2 aliphatic heterocycles. The number of rotatable bonds is 1. The Morgan fingerprint density at radius 1 is 0.848 bits per heavy atom. The molecule has 3 heterocycles. The first-order chi connectivity index (χ1) is 16.1. The van der Waals surface area contributed by atoms with Gasteiger partial charge in [-0.25, -0.2) is 5.06 Å². The van der Waals surface area contributed by atoms with Gasteiger partial charge < -0.3 is 9.15 Å². The normalized spacial score (nSPS) is 22.7. The van der Waals surface area contributed by atoms with Gasteiger partial charge >= 0.3 is 0 Å². The fourth-order valence-electron chi connectivity index (χ4n) is 5.05. The van der Waals surface area contributed by atoms with E-state index in [4.69, 9.17) is 14.0 Å². The summed E-state index contributed by atoms with van der Waals surface area (Å²) < 4.78 is 13.0. The Morgan fingerprint density at radius 3 is 2.52 bits per heavy atom. The van der Waals surface area contributed by atoms with E-state index in [0.29, 0.717) is 0 Å². The van der Waals surface area contributed by atoms with E-state index in [2.05, 4.69) is 87.5 Å². The van der Waals surface area contributed by atoms with Crippen molar-refractivity contribution in [1.82, 2.24) is 5.06 Å². The molecule has 0 radical (unpaired) electrons. The Hall–Kier alpha value is -3.50. The van der Waals surface area contributed by atoms with E-state index < -0.39 is 0 Å². The van der Waals surface area contributed by atoms with Gasteiger partial charge in [0.1, 0.15) is 23.0 Å². The second-order valence-corrected chi connectivity index (χ2v) is 9.10. The van der Waals surface area contributed by atoms with Crippen molar-refractivity contribution in [3.63, 3.8) is 0 Å². The van der Waals surface area contributed by atoms with Crippen LogP contribution in [-0.2, 0) is 4.84 Å². The van der Waals surface area contributed by atoms with Crippen molar-refractivity contribution < 1.29 is 14.0 Å². The number of fused-ring (bicyclic) bond motifs is 7. The van der Waals surface area contributed by atoms with E-state index >= 15 is 0 Å². The van der Waals surface area contributed by atoms with Crippen LogP contribution in [0.1, 0.15) is 43.0 Å². The Morgan fingerprint density at radius 2 is 1.67 bits per heavy atom. The number of aryl methyl sites for hydroxylation is 1. The van der Waals surface area contributed by atoms with E-state index in [9.17, 15) is 0 Å². The summed E-state index contributed by atoms with van der Waals surface area (Å²) in [4.78, 5) is 6.41. The maximum atomic E-state index is 6.56. The lowest BCUT2D eigenvalue weighted by Gasteiger charge is -2.32. The Bertz CT molecular complexity index is 1400. The first-order valence-corrected chi connectivity index (χ1v) is 11.6. The monoisotopic (exact) mass is 437 g/mol. The summed E-state index contributed by atoms with van der Waals surface area (Å²) in [5.74, 6) is 0.846. The number of allylic oxidation sites excluding steroid dienone is 2. The zero-order valence-electron chi connectivity index (χ0n) is 19.1. The number of nitrogens with zero attached hydrogens (tertiary/aromatic N) is 1. The molecular weight excluding hydrogens is 410 g/mol. The van der Waals surface area contributed by atoms with Crippen molar-refractivity contribution in [2.24, 2.45) is 0 Å². The highest BCUT2D eigenvalue weighted by Gasteiger charge is 2.32. The molecule has 0 saturated carbocycles. The number of para-hydroxylation sites is 1. The number of benzene rings is 3. The maximum absolute atomic E-state index is 6.56. The molecule has 2 aliphatic rings. The molecule has 4 heteroatoms. The van der Waals surface area contributed by atoms with Crippen LogP contribution in [0, 0.1) is 6.92 Å². The van der Waals surface area contributed by atoms with Crippen molar-refractivity contribution in [3.05, 3.63) is 95.7 Å². The summed E-state index contributed by atoms with van der Waals surface area (Å²) in [6.07, 6.45) is 7.23. The van der Waals surface area contributed by atoms with Gasteiger partial charge in [-0.2, -0.15) is 0 Å². The van der Waals surface area contributed by atoms with Gasteiger partial charge in [-0.1, -0.05) is 48.5 Å². The molecule has 166 valence electrons. The number of hydrogen-bond donors (Lipinski definition) is 0. The Balaban J connectivity index is 1.62. The first kappa shape index (κ1) is 20.1. The summed E-state index contributed by atoms with van der Waals surface area (Å²) >= 11 is 0. The fraction of sp³-hybridized carbons (Fsp3) is 0.241. The zero-order valence-corrected chi connectivity index (χ0v) is 19.1. The van der Waals surface area contributed by atoms with Crippen molar-refractivity contribution in [2.45, 2.75) is 45.4 Å². The summed E-state index contributed by atoms with van der Waals surface area (Å²) in [6.45, 7) is 6.28. The number of hydroxylamine groups is 2. The van der Waals surface area contributed by atoms with Crippen molar-refractivity contribution >= 4 is 27.5 Å². The minimum absolute atomic E-state index is 0.0153. The van der Waals surface area contributed by atoms with Crippen LogP contribution in [0.15, 0.2) is 83.4 Å². The van der Waals surface area contributed by atoms with E-state index in [-0.39, 0.29) is 18.2 Å². The summed E-state index contributed by atoms with van der Waals surface area (Å²) in [5, 5.41) is 4.18. The highest BCUT2D eigenvalue weighted by atomic mass is 16.7. The SMILES string of the molecule is Cc1cccc2c1oc1c3c(ccc12)OC(C)CC(C)ON1C=CC(c2ccccc2)=CC31. The molecule has 3 aromatic carbocycles. The average Bonchev–Trinajstić information content (AvgIpc) is 3.21. The van der Waals surface area contributed by atoms with Crippen molar-refractivity contribution in [1.29, 1.82) is 0 Å². The average molecular weight is 438 g/mol. The van der Waals surface area contributed by atoms with Gasteiger partial charge in [0.05, 0.1) is 17.8 Å². The second kappa shape index (κ2) is 7.82. The summed E-state index contributed by atoms with van der Waals surface area (Å²) in [6, 6.07) is 20.8. The third-order valence-electron chi connectivity index (χ3n) is 6.57. The molecule has 0 amide bonds. The van der Waals surface area contributed by atoms with Crippen LogP contribution in [0.3, 0.4) is 0 Å². The second-order valence-electron chi connectivity index (χ2n) is 9.10. The molecule has 3 atom stereocenters. The standard InChI is InChI=1S/C29H27NO3/c1-18-8-7-11-23-24-12-13-26-27(29(24)32-28(18)23)25-17-22(21-9-5-4-6-10-21)14-15-30(25)33-20(3)16-19(2)31-26/h4-15,17,19-20,25H,16H2,1-3H3. The van der Waals surface area contributed by atoms with Gasteiger partial charge in [0.15, 0.2) is 0 Å². The molecule has 0 fully saturated rings. The molecule has 6 rings (SSSR count). The van der Waals surface area contributed by atoms with E-state index in [1.807, 2.05) is 17.3 Å². The molecule has 0 spiro atoms. The van der Waals surface area contributed by atoms with E-state index in [0.717, 1.165) is 50.8 Å². The quantitative estimate of drug-likeness (QED) is 0.312. The lowest BCUT2D eigenvalue weighted by molar-refractivity contribution is -0.179. The molecule has 4 aromatic rings. The maximum Gasteiger partial charge on any atom is 0.144 e. The molecule has 33 heavy (non-hydrogen) atoms. The van der Waals surface area contributed by atoms with Crippen LogP contribution >= 0.6 is 0 Å². The molecule has 0 aliphatic carbocycles. The zero-order chi connectivity index (χ0) is 22.5. The summed E-state index contributed by atoms with van der Waals surface area (Å²) in [5.41, 5.74) is 6.23. The van der Waals surface area contributed by atoms with Gasteiger partial charge in [0.25, 0.3) is 0 Å². The third kappa shape index (κ3) is 3.42. The molecule has 0 N–H and O–H groups in total. The summed E-state index contributed by atoms with van der Waals surface area (Å²) in [7, 11) is 0. The van der Waals surface area contributed by atoms with Gasteiger partial charge in [0, 0.05) is 23.4 Å². The molecule has 3 unspecified atom stereocenters. The number of ether oxygens (including phenoxy) is 1. The van der Waals surface area contributed by atoms with Crippen molar-refractivity contribution in [3.8, 4) is 5.75 Å². The molecule has 0 bridgehead atoms. The van der Waals surface area contributed by atoms with Gasteiger partial charge in [0.2, 0.25) is 0 Å². The van der Waals surface area contributed by atoms with Crippen LogP contribution in [0.5, 0.6) is 5.75 Å². The minimum Gasteiger partial charge on any atom is -0.490 e. The van der Waals surface area contributed by atoms with Gasteiger partial charge in [-0.15, -0.1) is 0 Å². The molecule has 1 aromatic heterocycles. The van der Waals surface area contributed by atoms with Crippen LogP contribution < -0.4 is 4.74 Å².